The van der Waals surface area contributed by atoms with E-state index < -0.39 is 17.8 Å². The van der Waals surface area contributed by atoms with Crippen LogP contribution in [-0.2, 0) is 26.6 Å². The van der Waals surface area contributed by atoms with Crippen LogP contribution in [0.2, 0.25) is 0 Å². The number of benzene rings is 2. The molecule has 1 saturated heterocycles. The van der Waals surface area contributed by atoms with E-state index in [0.29, 0.717) is 24.5 Å². The minimum Gasteiger partial charge on any atom is -0.478 e. The fraction of sp³-hybridized carbons (Fsp3) is 0.364. The van der Waals surface area contributed by atoms with Crippen LogP contribution in [0.25, 0.3) is 0 Å². The first-order chi connectivity index (χ1) is 13.7. The van der Waals surface area contributed by atoms with Crippen LogP contribution in [0.5, 0.6) is 0 Å². The van der Waals surface area contributed by atoms with E-state index in [1.54, 1.807) is 13.0 Å². The van der Waals surface area contributed by atoms with Crippen molar-refractivity contribution in [2.75, 3.05) is 18.5 Å². The Morgan fingerprint density at radius 3 is 2.34 bits per heavy atom. The molecule has 0 spiro atoms. The molecule has 0 saturated carbocycles. The van der Waals surface area contributed by atoms with Gasteiger partial charge in [0.05, 0.1) is 18.8 Å². The molecule has 29 heavy (non-hydrogen) atoms. The van der Waals surface area contributed by atoms with E-state index in [1.807, 2.05) is 44.2 Å². The summed E-state index contributed by atoms with van der Waals surface area (Å²) in [4.78, 5) is 23.8. The molecule has 0 bridgehead atoms. The lowest BCUT2D eigenvalue weighted by Gasteiger charge is -2.42. The van der Waals surface area contributed by atoms with Crippen molar-refractivity contribution in [3.63, 3.8) is 0 Å². The number of rotatable bonds is 5. The number of aromatic carboxylic acids is 1. The maximum absolute atomic E-state index is 12.1. The smallest absolute Gasteiger partial charge is 0.411 e. The summed E-state index contributed by atoms with van der Waals surface area (Å²) in [6, 6.07) is 13.8. The minimum atomic E-state index is -1.23. The van der Waals surface area contributed by atoms with Crippen LogP contribution in [0.4, 0.5) is 10.5 Å². The van der Waals surface area contributed by atoms with Crippen molar-refractivity contribution in [2.24, 2.45) is 5.41 Å². The summed E-state index contributed by atoms with van der Waals surface area (Å²) < 4.78 is 17.0. The highest BCUT2D eigenvalue weighted by Crippen LogP contribution is 2.38. The molecule has 1 fully saturated rings. The van der Waals surface area contributed by atoms with Crippen molar-refractivity contribution >= 4 is 17.7 Å². The van der Waals surface area contributed by atoms with E-state index in [-0.39, 0.29) is 17.6 Å². The molecule has 1 amide bonds. The zero-order chi connectivity index (χ0) is 21.1. The molecule has 0 radical (unpaired) electrons. The highest BCUT2D eigenvalue weighted by atomic mass is 16.7. The molecule has 1 aliphatic rings. The Hall–Kier alpha value is -2.90. The van der Waals surface area contributed by atoms with Gasteiger partial charge in [-0.05, 0) is 30.7 Å². The van der Waals surface area contributed by atoms with Gasteiger partial charge < -0.3 is 19.3 Å². The van der Waals surface area contributed by atoms with Gasteiger partial charge in [-0.2, -0.15) is 0 Å². The van der Waals surface area contributed by atoms with Gasteiger partial charge in [-0.25, -0.2) is 9.59 Å². The van der Waals surface area contributed by atoms with Gasteiger partial charge in [-0.1, -0.05) is 44.2 Å². The SMILES string of the molecule is CC1(C)COC(C)(c2cc(NC(=O)OCc3ccccc3)ccc2C(=O)O)OC1. The number of hydrogen-bond donors (Lipinski definition) is 2. The minimum absolute atomic E-state index is 0.0513. The van der Waals surface area contributed by atoms with E-state index in [4.69, 9.17) is 14.2 Å². The number of hydrogen-bond acceptors (Lipinski definition) is 5. The summed E-state index contributed by atoms with van der Waals surface area (Å²) in [5.74, 6) is -2.33. The van der Waals surface area contributed by atoms with Crippen LogP contribution in [-0.4, -0.2) is 30.4 Å². The lowest BCUT2D eigenvalue weighted by molar-refractivity contribution is -0.298. The van der Waals surface area contributed by atoms with E-state index in [1.165, 1.54) is 12.1 Å². The first kappa shape index (κ1) is 20.8. The molecule has 7 nitrogen and oxygen atoms in total. The largest absolute Gasteiger partial charge is 0.478 e. The Kier molecular flexibility index (Phi) is 5.91. The average molecular weight is 399 g/mol. The summed E-state index contributed by atoms with van der Waals surface area (Å²) >= 11 is 0. The second-order valence-electron chi connectivity index (χ2n) is 7.94. The maximum atomic E-state index is 12.1. The van der Waals surface area contributed by atoms with Crippen LogP contribution in [0.15, 0.2) is 48.5 Å². The summed E-state index contributed by atoms with van der Waals surface area (Å²) in [6.07, 6.45) is -0.639. The predicted molar refractivity (Wildman–Crippen MR) is 107 cm³/mol. The van der Waals surface area contributed by atoms with E-state index in [2.05, 4.69) is 5.32 Å². The summed E-state index contributed by atoms with van der Waals surface area (Å²) in [5.41, 5.74) is 1.47. The van der Waals surface area contributed by atoms with Crippen LogP contribution < -0.4 is 5.32 Å². The third-order valence-corrected chi connectivity index (χ3v) is 4.68. The Labute approximate surface area is 169 Å². The molecule has 0 atom stereocenters. The summed E-state index contributed by atoms with van der Waals surface area (Å²) in [5, 5.41) is 12.2. The Balaban J connectivity index is 1.76. The molecule has 0 aliphatic carbocycles. The molecule has 7 heteroatoms. The predicted octanol–water partition coefficient (Wildman–Crippen LogP) is 4.38. The molecule has 154 valence electrons. The lowest BCUT2D eigenvalue weighted by Crippen LogP contribution is -2.44. The number of ether oxygens (including phenoxy) is 3. The molecule has 1 heterocycles. The zero-order valence-corrected chi connectivity index (χ0v) is 16.7. The summed E-state index contributed by atoms with van der Waals surface area (Å²) in [7, 11) is 0. The highest BCUT2D eigenvalue weighted by Gasteiger charge is 2.40. The van der Waals surface area contributed by atoms with Gasteiger partial charge in [-0.15, -0.1) is 0 Å². The molecule has 1 aliphatic heterocycles. The van der Waals surface area contributed by atoms with Crippen LogP contribution >= 0.6 is 0 Å². The molecule has 0 aromatic heterocycles. The van der Waals surface area contributed by atoms with E-state index >= 15 is 0 Å². The van der Waals surface area contributed by atoms with Crippen LogP contribution in [0, 0.1) is 5.41 Å². The second kappa shape index (κ2) is 8.23. The Morgan fingerprint density at radius 2 is 1.72 bits per heavy atom. The quantitative estimate of drug-likeness (QED) is 0.775. The number of anilines is 1. The molecule has 2 aromatic rings. The number of nitrogens with one attached hydrogen (secondary N) is 1. The molecular formula is C22H25NO6. The number of carbonyl (C=O) groups excluding carboxylic acids is 1. The van der Waals surface area contributed by atoms with E-state index in [9.17, 15) is 14.7 Å². The third-order valence-electron chi connectivity index (χ3n) is 4.68. The van der Waals surface area contributed by atoms with Gasteiger partial charge in [0.2, 0.25) is 0 Å². The van der Waals surface area contributed by atoms with Gasteiger partial charge in [0.25, 0.3) is 0 Å². The Morgan fingerprint density at radius 1 is 1.07 bits per heavy atom. The van der Waals surface area contributed by atoms with Gasteiger partial charge in [-0.3, -0.25) is 5.32 Å². The molecule has 0 unspecified atom stereocenters. The van der Waals surface area contributed by atoms with Gasteiger partial charge in [0.1, 0.15) is 6.61 Å². The van der Waals surface area contributed by atoms with Gasteiger partial charge in [0, 0.05) is 16.7 Å². The molecule has 2 aromatic carbocycles. The van der Waals surface area contributed by atoms with Crippen molar-refractivity contribution in [1.82, 2.24) is 0 Å². The fourth-order valence-electron chi connectivity index (χ4n) is 2.97. The van der Waals surface area contributed by atoms with Gasteiger partial charge >= 0.3 is 12.1 Å². The van der Waals surface area contributed by atoms with E-state index in [0.717, 1.165) is 5.56 Å². The van der Waals surface area contributed by atoms with Crippen LogP contribution in [0.1, 0.15) is 42.3 Å². The maximum Gasteiger partial charge on any atom is 0.411 e. The third kappa shape index (κ3) is 5.13. The Bertz CT molecular complexity index is 883. The molecular weight excluding hydrogens is 374 g/mol. The van der Waals surface area contributed by atoms with Crippen molar-refractivity contribution in [1.29, 1.82) is 0 Å². The molecule has 2 N–H and O–H groups in total. The lowest BCUT2D eigenvalue weighted by atomic mass is 9.92. The topological polar surface area (TPSA) is 94.1 Å². The molecule has 3 rings (SSSR count). The number of carbonyl (C=O) groups is 2. The fourth-order valence-corrected chi connectivity index (χ4v) is 2.97. The van der Waals surface area contributed by atoms with Crippen molar-refractivity contribution < 1.29 is 28.9 Å². The van der Waals surface area contributed by atoms with Crippen molar-refractivity contribution in [3.05, 3.63) is 65.2 Å². The monoisotopic (exact) mass is 399 g/mol. The first-order valence-corrected chi connectivity index (χ1v) is 9.32. The van der Waals surface area contributed by atoms with Crippen molar-refractivity contribution in [3.8, 4) is 0 Å². The van der Waals surface area contributed by atoms with Crippen molar-refractivity contribution in [2.45, 2.75) is 33.2 Å². The average Bonchev–Trinajstić information content (AvgIpc) is 2.69. The number of carboxylic acid groups (broad SMARTS) is 1. The number of carboxylic acids is 1. The summed E-state index contributed by atoms with van der Waals surface area (Å²) in [6.45, 7) is 6.66. The normalized spacial score (nSPS) is 17.3. The highest BCUT2D eigenvalue weighted by molar-refractivity contribution is 5.92. The van der Waals surface area contributed by atoms with Gasteiger partial charge in [0.15, 0.2) is 5.79 Å². The number of amides is 1. The van der Waals surface area contributed by atoms with Crippen LogP contribution in [0.3, 0.4) is 0 Å². The second-order valence-corrected chi connectivity index (χ2v) is 7.94. The first-order valence-electron chi connectivity index (χ1n) is 9.32. The standard InChI is InChI=1S/C22H25NO6/c1-21(2)13-28-22(3,29-14-21)18-11-16(9-10-17(18)19(24)25)23-20(26)27-12-15-7-5-4-6-8-15/h4-11H,12-14H2,1-3H3,(H,23,26)(H,24,25). The zero-order valence-electron chi connectivity index (χ0n) is 16.7.